The average molecular weight is 407 g/mol. The lowest BCUT2D eigenvalue weighted by atomic mass is 10.2. The first-order valence-electron chi connectivity index (χ1n) is 9.38. The molecule has 1 fully saturated rings. The number of carbonyl (C=O) groups is 1. The summed E-state index contributed by atoms with van der Waals surface area (Å²) in [4.78, 5) is 14.5. The highest BCUT2D eigenvalue weighted by molar-refractivity contribution is 7.89. The monoisotopic (exact) mass is 406 g/mol. The standard InChI is InChI=1S/C20H26N2O3S2/c1-3-17-13-19(26-15(17)2)20(23)21-14-16-7-9-18(10-8-16)27(24,25)22-11-5-4-6-12-22/h7-10,13H,3-6,11-12,14H2,1-2H3,(H,21,23). The van der Waals surface area contributed by atoms with Crippen molar-refractivity contribution in [3.63, 3.8) is 0 Å². The highest BCUT2D eigenvalue weighted by atomic mass is 32.2. The molecule has 1 aromatic heterocycles. The maximum absolute atomic E-state index is 12.7. The van der Waals surface area contributed by atoms with Crippen molar-refractivity contribution in [2.24, 2.45) is 0 Å². The van der Waals surface area contributed by atoms with E-state index in [4.69, 9.17) is 0 Å². The minimum Gasteiger partial charge on any atom is -0.347 e. The second kappa shape index (κ2) is 8.54. The number of amides is 1. The molecule has 1 amide bonds. The summed E-state index contributed by atoms with van der Waals surface area (Å²) in [7, 11) is -3.41. The van der Waals surface area contributed by atoms with Crippen LogP contribution in [0.3, 0.4) is 0 Å². The maximum Gasteiger partial charge on any atom is 0.261 e. The van der Waals surface area contributed by atoms with Gasteiger partial charge in [-0.25, -0.2) is 8.42 Å². The van der Waals surface area contributed by atoms with Gasteiger partial charge in [-0.2, -0.15) is 4.31 Å². The molecule has 3 rings (SSSR count). The second-order valence-corrected chi connectivity index (χ2v) is 10.0. The third-order valence-electron chi connectivity index (χ3n) is 4.95. The van der Waals surface area contributed by atoms with E-state index in [2.05, 4.69) is 12.2 Å². The van der Waals surface area contributed by atoms with E-state index in [9.17, 15) is 13.2 Å². The van der Waals surface area contributed by atoms with Gasteiger partial charge in [0.2, 0.25) is 10.0 Å². The van der Waals surface area contributed by atoms with Crippen molar-refractivity contribution in [3.8, 4) is 0 Å². The number of rotatable bonds is 6. The van der Waals surface area contributed by atoms with Gasteiger partial charge in [0.15, 0.2) is 0 Å². The van der Waals surface area contributed by atoms with Crippen LogP contribution in [0.1, 0.15) is 51.9 Å². The largest absolute Gasteiger partial charge is 0.347 e. The summed E-state index contributed by atoms with van der Waals surface area (Å²) in [5.74, 6) is -0.0900. The molecule has 0 unspecified atom stereocenters. The van der Waals surface area contributed by atoms with E-state index in [-0.39, 0.29) is 5.91 Å². The van der Waals surface area contributed by atoms with Crippen molar-refractivity contribution >= 4 is 27.3 Å². The number of thiophene rings is 1. The van der Waals surface area contributed by atoms with Crippen molar-refractivity contribution in [3.05, 3.63) is 51.2 Å². The lowest BCUT2D eigenvalue weighted by Gasteiger charge is -2.25. The summed E-state index contributed by atoms with van der Waals surface area (Å²) in [6.45, 7) is 5.68. The highest BCUT2D eigenvalue weighted by Gasteiger charge is 2.25. The molecule has 5 nitrogen and oxygen atoms in total. The van der Waals surface area contributed by atoms with Crippen LogP contribution in [0.5, 0.6) is 0 Å². The van der Waals surface area contributed by atoms with Crippen molar-refractivity contribution in [2.75, 3.05) is 13.1 Å². The number of sulfonamides is 1. The number of piperidine rings is 1. The van der Waals surface area contributed by atoms with Gasteiger partial charge in [0.1, 0.15) is 0 Å². The Morgan fingerprint density at radius 3 is 2.41 bits per heavy atom. The van der Waals surface area contributed by atoms with E-state index >= 15 is 0 Å². The van der Waals surface area contributed by atoms with E-state index < -0.39 is 10.0 Å². The zero-order valence-corrected chi connectivity index (χ0v) is 17.5. The smallest absolute Gasteiger partial charge is 0.261 e. The van der Waals surface area contributed by atoms with E-state index in [0.717, 1.165) is 31.2 Å². The lowest BCUT2D eigenvalue weighted by Crippen LogP contribution is -2.35. The second-order valence-electron chi connectivity index (χ2n) is 6.84. The Labute approximate surface area is 165 Å². The molecule has 0 spiro atoms. The fourth-order valence-electron chi connectivity index (χ4n) is 3.29. The third kappa shape index (κ3) is 4.59. The number of nitrogens with one attached hydrogen (secondary N) is 1. The molecule has 2 aromatic rings. The SMILES string of the molecule is CCc1cc(C(=O)NCc2ccc(S(=O)(=O)N3CCCCC3)cc2)sc1C. The van der Waals surface area contributed by atoms with Crippen molar-refractivity contribution in [1.29, 1.82) is 0 Å². The number of benzene rings is 1. The lowest BCUT2D eigenvalue weighted by molar-refractivity contribution is 0.0955. The molecule has 0 radical (unpaired) electrons. The Balaban J connectivity index is 1.62. The van der Waals surface area contributed by atoms with Gasteiger partial charge in [0.25, 0.3) is 5.91 Å². The molecule has 27 heavy (non-hydrogen) atoms. The van der Waals surface area contributed by atoms with Gasteiger partial charge in [-0.05, 0) is 55.5 Å². The Morgan fingerprint density at radius 2 is 1.81 bits per heavy atom. The van der Waals surface area contributed by atoms with Crippen LogP contribution in [0, 0.1) is 6.92 Å². The zero-order valence-electron chi connectivity index (χ0n) is 15.8. The first kappa shape index (κ1) is 20.0. The van der Waals surface area contributed by atoms with Crippen LogP contribution in [0.15, 0.2) is 35.2 Å². The Hall–Kier alpha value is -1.70. The van der Waals surface area contributed by atoms with Crippen molar-refractivity contribution in [2.45, 2.75) is 51.0 Å². The van der Waals surface area contributed by atoms with Crippen LogP contribution < -0.4 is 5.32 Å². The molecule has 146 valence electrons. The topological polar surface area (TPSA) is 66.5 Å². The number of nitrogens with zero attached hydrogens (tertiary/aromatic N) is 1. The molecule has 0 atom stereocenters. The molecule has 1 aliphatic heterocycles. The molecule has 0 saturated carbocycles. The molecular weight excluding hydrogens is 380 g/mol. The van der Waals surface area contributed by atoms with E-state index in [1.54, 1.807) is 28.6 Å². The number of hydrogen-bond donors (Lipinski definition) is 1. The maximum atomic E-state index is 12.7. The van der Waals surface area contributed by atoms with Crippen molar-refractivity contribution in [1.82, 2.24) is 9.62 Å². The van der Waals surface area contributed by atoms with Crippen LogP contribution in [-0.4, -0.2) is 31.7 Å². The van der Waals surface area contributed by atoms with Gasteiger partial charge >= 0.3 is 0 Å². The minimum absolute atomic E-state index is 0.0900. The highest BCUT2D eigenvalue weighted by Crippen LogP contribution is 2.23. The molecule has 1 N–H and O–H groups in total. The predicted octanol–water partition coefficient (Wildman–Crippen LogP) is 3.72. The Bertz CT molecular complexity index is 896. The molecule has 7 heteroatoms. The van der Waals surface area contributed by atoms with Crippen LogP contribution in [0.2, 0.25) is 0 Å². The van der Waals surface area contributed by atoms with Gasteiger partial charge < -0.3 is 5.32 Å². The van der Waals surface area contributed by atoms with Crippen molar-refractivity contribution < 1.29 is 13.2 Å². The van der Waals surface area contributed by atoms with Gasteiger partial charge in [-0.1, -0.05) is 25.5 Å². The van der Waals surface area contributed by atoms with Crippen LogP contribution in [0.4, 0.5) is 0 Å². The van der Waals surface area contributed by atoms with Crippen LogP contribution in [0.25, 0.3) is 0 Å². The van der Waals surface area contributed by atoms with E-state index in [0.29, 0.717) is 29.4 Å². The predicted molar refractivity (Wildman–Crippen MR) is 109 cm³/mol. The summed E-state index contributed by atoms with van der Waals surface area (Å²) in [6, 6.07) is 8.76. The summed E-state index contributed by atoms with van der Waals surface area (Å²) in [6.07, 6.45) is 3.85. The molecule has 0 bridgehead atoms. The number of carbonyl (C=O) groups excluding carboxylic acids is 1. The molecule has 0 aliphatic carbocycles. The summed E-state index contributed by atoms with van der Waals surface area (Å²) >= 11 is 1.51. The quantitative estimate of drug-likeness (QED) is 0.795. The molecule has 2 heterocycles. The van der Waals surface area contributed by atoms with Gasteiger partial charge in [-0.15, -0.1) is 11.3 Å². The number of hydrogen-bond acceptors (Lipinski definition) is 4. The summed E-state index contributed by atoms with van der Waals surface area (Å²) in [5, 5.41) is 2.91. The summed E-state index contributed by atoms with van der Waals surface area (Å²) < 4.78 is 26.9. The first-order chi connectivity index (χ1) is 12.9. The minimum atomic E-state index is -3.41. The normalized spacial score (nSPS) is 15.6. The first-order valence-corrected chi connectivity index (χ1v) is 11.6. The fraction of sp³-hybridized carbons (Fsp3) is 0.450. The average Bonchev–Trinajstić information content (AvgIpc) is 3.08. The van der Waals surface area contributed by atoms with Gasteiger partial charge in [0, 0.05) is 24.5 Å². The Kier molecular flexibility index (Phi) is 6.34. The zero-order chi connectivity index (χ0) is 19.4. The van der Waals surface area contributed by atoms with Crippen LogP contribution >= 0.6 is 11.3 Å². The van der Waals surface area contributed by atoms with E-state index in [1.807, 2.05) is 13.0 Å². The van der Waals surface area contributed by atoms with Gasteiger partial charge in [0.05, 0.1) is 9.77 Å². The Morgan fingerprint density at radius 1 is 1.15 bits per heavy atom. The third-order valence-corrected chi connectivity index (χ3v) is 7.96. The molecular formula is C20H26N2O3S2. The number of aryl methyl sites for hydroxylation is 2. The van der Waals surface area contributed by atoms with Crippen LogP contribution in [-0.2, 0) is 23.0 Å². The molecule has 1 aromatic carbocycles. The van der Waals surface area contributed by atoms with Gasteiger partial charge in [-0.3, -0.25) is 4.79 Å². The fourth-order valence-corrected chi connectivity index (χ4v) is 5.83. The van der Waals surface area contributed by atoms with E-state index in [1.165, 1.54) is 21.8 Å². The molecule has 1 aliphatic rings. The summed E-state index contributed by atoms with van der Waals surface area (Å²) in [5.41, 5.74) is 2.09. The molecule has 1 saturated heterocycles.